The highest BCUT2D eigenvalue weighted by molar-refractivity contribution is 6.00. The van der Waals surface area contributed by atoms with Crippen LogP contribution in [0.5, 0.6) is 5.75 Å². The van der Waals surface area contributed by atoms with E-state index in [0.29, 0.717) is 17.0 Å². The zero-order chi connectivity index (χ0) is 21.7. The van der Waals surface area contributed by atoms with Crippen molar-refractivity contribution >= 4 is 21.9 Å². The number of benzene rings is 1. The quantitative estimate of drug-likeness (QED) is 0.379. The number of rotatable bonds is 4. The summed E-state index contributed by atoms with van der Waals surface area (Å²) in [6.07, 6.45) is 6.97. The van der Waals surface area contributed by atoms with Crippen LogP contribution >= 0.6 is 0 Å². The largest absolute Gasteiger partial charge is 0.497 e. The van der Waals surface area contributed by atoms with Gasteiger partial charge in [-0.2, -0.15) is 10.2 Å². The van der Waals surface area contributed by atoms with Crippen LogP contribution in [0.1, 0.15) is 0 Å². The second-order valence-electron chi connectivity index (χ2n) is 7.36. The first-order valence-electron chi connectivity index (χ1n) is 9.86. The molecule has 6 aromatic rings. The number of nitrogens with zero attached hydrogens (tertiary/aromatic N) is 4. The predicted octanol–water partition coefficient (Wildman–Crippen LogP) is 4.71. The van der Waals surface area contributed by atoms with Crippen LogP contribution in [0.15, 0.2) is 61.2 Å². The lowest BCUT2D eigenvalue weighted by atomic mass is 10.0. The highest BCUT2D eigenvalue weighted by Crippen LogP contribution is 2.35. The van der Waals surface area contributed by atoms with Gasteiger partial charge < -0.3 is 9.72 Å². The fourth-order valence-electron chi connectivity index (χ4n) is 3.88. The summed E-state index contributed by atoms with van der Waals surface area (Å²) in [5.41, 5.74) is 6.97. The molecule has 5 heterocycles. The third-order valence-corrected chi connectivity index (χ3v) is 5.42. The molecule has 0 spiro atoms. The minimum atomic E-state index is -0.374. The third kappa shape index (κ3) is 2.90. The second-order valence-corrected chi connectivity index (χ2v) is 7.36. The second kappa shape index (κ2) is 7.02. The number of methoxy groups -OCH3 is 1. The van der Waals surface area contributed by atoms with Crippen molar-refractivity contribution < 1.29 is 9.13 Å². The molecule has 0 aliphatic carbocycles. The van der Waals surface area contributed by atoms with Gasteiger partial charge in [0.25, 0.3) is 0 Å². The lowest BCUT2D eigenvalue weighted by Gasteiger charge is -2.06. The Morgan fingerprint density at radius 1 is 0.969 bits per heavy atom. The van der Waals surface area contributed by atoms with Gasteiger partial charge in [-0.25, -0.2) is 9.37 Å². The predicted molar refractivity (Wildman–Crippen MR) is 119 cm³/mol. The maximum absolute atomic E-state index is 14.1. The Morgan fingerprint density at radius 3 is 2.75 bits per heavy atom. The van der Waals surface area contributed by atoms with E-state index in [1.165, 1.54) is 19.2 Å². The number of aromatic nitrogens is 7. The van der Waals surface area contributed by atoms with Gasteiger partial charge in [0.1, 0.15) is 22.8 Å². The van der Waals surface area contributed by atoms with Gasteiger partial charge >= 0.3 is 0 Å². The molecule has 5 aromatic heterocycles. The van der Waals surface area contributed by atoms with Crippen molar-refractivity contribution in [2.75, 3.05) is 7.11 Å². The molecule has 0 saturated carbocycles. The molecular weight excluding hydrogens is 409 g/mol. The molecule has 6 rings (SSSR count). The molecule has 8 nitrogen and oxygen atoms in total. The normalized spacial score (nSPS) is 11.4. The number of hydrogen-bond donors (Lipinski definition) is 3. The Balaban J connectivity index is 1.51. The van der Waals surface area contributed by atoms with Crippen molar-refractivity contribution in [3.63, 3.8) is 0 Å². The van der Waals surface area contributed by atoms with E-state index in [2.05, 4.69) is 30.4 Å². The van der Waals surface area contributed by atoms with E-state index in [1.807, 2.05) is 18.2 Å². The van der Waals surface area contributed by atoms with E-state index >= 15 is 0 Å². The lowest BCUT2D eigenvalue weighted by molar-refractivity contribution is 0.411. The fourth-order valence-corrected chi connectivity index (χ4v) is 3.88. The molecule has 0 aliphatic heterocycles. The SMILES string of the molecule is COc1cc(F)cc(-c2cncc3[nH]c(-c4n[nH]c5ccc(-c6cn[nH]c6)nc45)cc23)c1. The highest BCUT2D eigenvalue weighted by atomic mass is 19.1. The molecule has 0 amide bonds. The molecule has 9 heteroatoms. The van der Waals surface area contributed by atoms with Crippen LogP contribution in [0.4, 0.5) is 4.39 Å². The third-order valence-electron chi connectivity index (χ3n) is 5.42. The van der Waals surface area contributed by atoms with Crippen molar-refractivity contribution in [2.24, 2.45) is 0 Å². The van der Waals surface area contributed by atoms with Crippen molar-refractivity contribution in [3.8, 4) is 39.5 Å². The first-order valence-corrected chi connectivity index (χ1v) is 9.86. The van der Waals surface area contributed by atoms with Crippen molar-refractivity contribution in [2.45, 2.75) is 0 Å². The van der Waals surface area contributed by atoms with Gasteiger partial charge in [-0.05, 0) is 35.9 Å². The first-order chi connectivity index (χ1) is 15.7. The Kier molecular flexibility index (Phi) is 4.00. The molecule has 0 unspecified atom stereocenters. The Labute approximate surface area is 180 Å². The molecule has 3 N–H and O–H groups in total. The van der Waals surface area contributed by atoms with Gasteiger partial charge in [0.2, 0.25) is 0 Å². The standard InChI is InChI=1S/C23H16FN7O/c1-32-15-5-12(4-14(24)6-15)17-10-25-11-21-16(17)7-20(28-21)23-22-19(30-31-23)3-2-18(29-22)13-8-26-27-9-13/h2-11,28H,1H3,(H,26,27)(H,30,31). The average Bonchev–Trinajstić information content (AvgIpc) is 3.56. The Morgan fingerprint density at radius 2 is 1.91 bits per heavy atom. The van der Waals surface area contributed by atoms with Crippen LogP contribution in [0.3, 0.4) is 0 Å². The summed E-state index contributed by atoms with van der Waals surface area (Å²) in [6, 6.07) is 10.4. The number of pyridine rings is 2. The minimum absolute atomic E-state index is 0.374. The number of fused-ring (bicyclic) bond motifs is 2. The summed E-state index contributed by atoms with van der Waals surface area (Å²) in [5, 5.41) is 15.2. The lowest BCUT2D eigenvalue weighted by Crippen LogP contribution is -1.88. The van der Waals surface area contributed by atoms with E-state index in [9.17, 15) is 4.39 Å². The van der Waals surface area contributed by atoms with Gasteiger partial charge in [-0.15, -0.1) is 0 Å². The highest BCUT2D eigenvalue weighted by Gasteiger charge is 2.16. The molecule has 0 atom stereocenters. The molecule has 0 aliphatic rings. The molecule has 32 heavy (non-hydrogen) atoms. The molecule has 156 valence electrons. The first kappa shape index (κ1) is 18.3. The van der Waals surface area contributed by atoms with Crippen molar-refractivity contribution in [1.29, 1.82) is 0 Å². The van der Waals surface area contributed by atoms with Crippen LogP contribution < -0.4 is 4.74 Å². The minimum Gasteiger partial charge on any atom is -0.497 e. The number of nitrogens with one attached hydrogen (secondary N) is 3. The van der Waals surface area contributed by atoms with E-state index in [1.54, 1.807) is 30.9 Å². The zero-order valence-corrected chi connectivity index (χ0v) is 16.8. The Hall–Kier alpha value is -4.53. The van der Waals surface area contributed by atoms with Crippen LogP contribution in [0.2, 0.25) is 0 Å². The Bertz CT molecular complexity index is 1580. The fraction of sp³-hybridized carbons (Fsp3) is 0.0435. The summed E-state index contributed by atoms with van der Waals surface area (Å²) in [5.74, 6) is 0.0726. The maximum atomic E-state index is 14.1. The van der Waals surface area contributed by atoms with Crippen LogP contribution in [0, 0.1) is 5.82 Å². The van der Waals surface area contributed by atoms with Gasteiger partial charge in [0.15, 0.2) is 0 Å². The topological polar surface area (TPSA) is 108 Å². The summed E-state index contributed by atoms with van der Waals surface area (Å²) in [7, 11) is 1.51. The summed E-state index contributed by atoms with van der Waals surface area (Å²) in [4.78, 5) is 12.5. The van der Waals surface area contributed by atoms with Crippen LogP contribution in [0.25, 0.3) is 55.7 Å². The molecule has 0 fully saturated rings. The van der Waals surface area contributed by atoms with Gasteiger partial charge in [0.05, 0.1) is 41.9 Å². The maximum Gasteiger partial charge on any atom is 0.135 e. The molecule has 0 bridgehead atoms. The van der Waals surface area contributed by atoms with Crippen molar-refractivity contribution in [1.82, 2.24) is 35.3 Å². The van der Waals surface area contributed by atoms with E-state index in [0.717, 1.165) is 44.5 Å². The zero-order valence-electron chi connectivity index (χ0n) is 16.8. The van der Waals surface area contributed by atoms with Gasteiger partial charge in [-0.1, -0.05) is 0 Å². The smallest absolute Gasteiger partial charge is 0.135 e. The number of H-pyrrole nitrogens is 3. The van der Waals surface area contributed by atoms with Crippen LogP contribution in [-0.2, 0) is 0 Å². The van der Waals surface area contributed by atoms with E-state index in [4.69, 9.17) is 9.72 Å². The molecular formula is C23H16FN7O. The monoisotopic (exact) mass is 425 g/mol. The number of ether oxygens (including phenoxy) is 1. The summed E-state index contributed by atoms with van der Waals surface area (Å²) < 4.78 is 19.3. The number of halogens is 1. The van der Waals surface area contributed by atoms with Gasteiger partial charge in [0, 0.05) is 35.0 Å². The summed E-state index contributed by atoms with van der Waals surface area (Å²) >= 11 is 0. The number of hydrogen-bond acceptors (Lipinski definition) is 5. The van der Waals surface area contributed by atoms with Gasteiger partial charge in [-0.3, -0.25) is 15.2 Å². The summed E-state index contributed by atoms with van der Waals surface area (Å²) in [6.45, 7) is 0. The van der Waals surface area contributed by atoms with Crippen molar-refractivity contribution in [3.05, 3.63) is 67.0 Å². The molecule has 0 saturated heterocycles. The van der Waals surface area contributed by atoms with Crippen LogP contribution in [-0.4, -0.2) is 42.5 Å². The molecule has 0 radical (unpaired) electrons. The van der Waals surface area contributed by atoms with E-state index in [-0.39, 0.29) is 5.82 Å². The van der Waals surface area contributed by atoms with E-state index < -0.39 is 0 Å². The molecule has 1 aromatic carbocycles. The number of aromatic amines is 3. The average molecular weight is 425 g/mol.